The maximum atomic E-state index is 11.1. The molecule has 1 aliphatic heterocycles. The summed E-state index contributed by atoms with van der Waals surface area (Å²) in [5.74, 6) is 0.535. The molecule has 0 bridgehead atoms. The van der Waals surface area contributed by atoms with E-state index in [-0.39, 0.29) is 11.6 Å². The van der Waals surface area contributed by atoms with Crippen LogP contribution in [-0.2, 0) is 0 Å². The van der Waals surface area contributed by atoms with Crippen LogP contribution in [0.25, 0.3) is 0 Å². The van der Waals surface area contributed by atoms with Crippen molar-refractivity contribution in [1.82, 2.24) is 0 Å². The van der Waals surface area contributed by atoms with Gasteiger partial charge in [-0.3, -0.25) is 10.1 Å². The molecular formula is C12H13BrN4O2. The summed E-state index contributed by atoms with van der Waals surface area (Å²) in [5.41, 5.74) is 6.84. The molecule has 0 spiro atoms. The quantitative estimate of drug-likeness (QED) is 0.684. The number of rotatable bonds is 3. The maximum Gasteiger partial charge on any atom is 0.279 e. The van der Waals surface area contributed by atoms with Crippen LogP contribution in [0.2, 0.25) is 0 Å². The van der Waals surface area contributed by atoms with Gasteiger partial charge in [0.2, 0.25) is 0 Å². The average molecular weight is 325 g/mol. The third kappa shape index (κ3) is 2.81. The Morgan fingerprint density at radius 2 is 2.26 bits per heavy atom. The second kappa shape index (κ2) is 5.48. The maximum absolute atomic E-state index is 11.1. The van der Waals surface area contributed by atoms with Crippen molar-refractivity contribution in [2.45, 2.75) is 19.8 Å². The van der Waals surface area contributed by atoms with Gasteiger partial charge in [0.15, 0.2) is 0 Å². The minimum absolute atomic E-state index is 0.0299. The summed E-state index contributed by atoms with van der Waals surface area (Å²) in [6.07, 6.45) is 1.39. The van der Waals surface area contributed by atoms with Crippen molar-refractivity contribution < 1.29 is 4.92 Å². The minimum atomic E-state index is -0.406. The molecule has 0 saturated carbocycles. The fourth-order valence-corrected chi connectivity index (χ4v) is 2.42. The molecule has 2 N–H and O–H groups in total. The van der Waals surface area contributed by atoms with E-state index in [0.717, 1.165) is 6.42 Å². The molecule has 1 atom stereocenters. The topological polar surface area (TPSA) is 93.9 Å². The molecule has 1 aromatic rings. The fraction of sp³-hybridized carbons (Fsp3) is 0.333. The number of nitrogens with two attached hydrogens (primary N) is 1. The normalized spacial score (nSPS) is 18.7. The molecule has 2 rings (SSSR count). The van der Waals surface area contributed by atoms with E-state index in [1.807, 2.05) is 6.92 Å². The van der Waals surface area contributed by atoms with Crippen molar-refractivity contribution in [3.63, 3.8) is 0 Å². The lowest BCUT2D eigenvalue weighted by molar-refractivity contribution is -0.385. The van der Waals surface area contributed by atoms with Gasteiger partial charge in [0.05, 0.1) is 16.2 Å². The van der Waals surface area contributed by atoms with E-state index in [0.29, 0.717) is 28.0 Å². The number of halogens is 1. The molecule has 1 heterocycles. The number of nitro groups is 1. The summed E-state index contributed by atoms with van der Waals surface area (Å²) in [6, 6.07) is 4.94. The van der Waals surface area contributed by atoms with Crippen LogP contribution in [0.1, 0.15) is 25.3 Å². The first-order valence-electron chi connectivity index (χ1n) is 5.87. The Balaban J connectivity index is 2.54. The number of nitro benzene ring substituents is 1. The van der Waals surface area contributed by atoms with Crippen LogP contribution < -0.4 is 5.73 Å². The predicted octanol–water partition coefficient (Wildman–Crippen LogP) is 2.85. The number of hydrogen-bond acceptors (Lipinski definition) is 5. The van der Waals surface area contributed by atoms with E-state index in [2.05, 4.69) is 26.1 Å². The Hall–Kier alpha value is -1.76. The molecule has 0 saturated heterocycles. The van der Waals surface area contributed by atoms with E-state index >= 15 is 0 Å². The molecule has 1 aliphatic rings. The van der Waals surface area contributed by atoms with Crippen molar-refractivity contribution in [3.05, 3.63) is 38.3 Å². The number of hydrogen-bond donors (Lipinski definition) is 1. The van der Waals surface area contributed by atoms with E-state index in [1.165, 1.54) is 6.07 Å². The zero-order valence-electron chi connectivity index (χ0n) is 10.3. The van der Waals surface area contributed by atoms with Gasteiger partial charge in [-0.05, 0) is 18.6 Å². The summed E-state index contributed by atoms with van der Waals surface area (Å²) < 4.78 is 0.662. The molecule has 0 aromatic heterocycles. The molecule has 100 valence electrons. The van der Waals surface area contributed by atoms with Gasteiger partial charge in [0.1, 0.15) is 5.84 Å². The fourth-order valence-electron chi connectivity index (χ4n) is 2.07. The van der Waals surface area contributed by atoms with Gasteiger partial charge in [0.25, 0.3) is 5.69 Å². The molecule has 0 radical (unpaired) electrons. The van der Waals surface area contributed by atoms with Crippen LogP contribution in [0.4, 0.5) is 5.69 Å². The van der Waals surface area contributed by atoms with Crippen LogP contribution in [0.5, 0.6) is 0 Å². The highest BCUT2D eigenvalue weighted by molar-refractivity contribution is 9.10. The van der Waals surface area contributed by atoms with E-state index in [1.54, 1.807) is 12.1 Å². The molecule has 0 fully saturated rings. The SMILES string of the molecule is CCC1CC(N)=NN=C1c1ccc(Br)cc1[N+](=O)[O-]. The van der Waals surface area contributed by atoms with Crippen molar-refractivity contribution in [1.29, 1.82) is 0 Å². The summed E-state index contributed by atoms with van der Waals surface area (Å²) >= 11 is 3.24. The average Bonchev–Trinajstić information content (AvgIpc) is 2.38. The second-order valence-corrected chi connectivity index (χ2v) is 5.22. The van der Waals surface area contributed by atoms with Crippen molar-refractivity contribution in [2.75, 3.05) is 0 Å². The van der Waals surface area contributed by atoms with E-state index < -0.39 is 4.92 Å². The molecule has 1 aromatic carbocycles. The standard InChI is InChI=1S/C12H13BrN4O2/c1-2-7-5-11(14)15-16-12(7)9-4-3-8(13)6-10(9)17(18)19/h3-4,6-7H,2,5H2,1H3,(H2,14,15). The van der Waals surface area contributed by atoms with E-state index in [9.17, 15) is 10.1 Å². The second-order valence-electron chi connectivity index (χ2n) is 4.30. The van der Waals surface area contributed by atoms with Gasteiger partial charge in [-0.2, -0.15) is 5.10 Å². The molecule has 7 heteroatoms. The summed E-state index contributed by atoms with van der Waals surface area (Å²) in [4.78, 5) is 10.7. The van der Waals surface area contributed by atoms with Gasteiger partial charge in [-0.1, -0.05) is 22.9 Å². The van der Waals surface area contributed by atoms with Crippen LogP contribution in [0, 0.1) is 16.0 Å². The Morgan fingerprint density at radius 3 is 2.89 bits per heavy atom. The van der Waals surface area contributed by atoms with Crippen LogP contribution in [0.15, 0.2) is 32.9 Å². The number of nitrogens with zero attached hydrogens (tertiary/aromatic N) is 3. The van der Waals surface area contributed by atoms with Crippen molar-refractivity contribution in [3.8, 4) is 0 Å². The number of benzene rings is 1. The summed E-state index contributed by atoms with van der Waals surface area (Å²) in [5, 5.41) is 19.1. The van der Waals surface area contributed by atoms with Gasteiger partial charge >= 0.3 is 0 Å². The highest BCUT2D eigenvalue weighted by Crippen LogP contribution is 2.29. The highest BCUT2D eigenvalue weighted by Gasteiger charge is 2.27. The Labute approximate surface area is 118 Å². The molecule has 0 amide bonds. The lowest BCUT2D eigenvalue weighted by Crippen LogP contribution is -2.27. The lowest BCUT2D eigenvalue weighted by Gasteiger charge is -2.19. The van der Waals surface area contributed by atoms with E-state index in [4.69, 9.17) is 5.73 Å². The lowest BCUT2D eigenvalue weighted by atomic mass is 9.89. The Kier molecular flexibility index (Phi) is 3.94. The monoisotopic (exact) mass is 324 g/mol. The molecule has 0 aliphatic carbocycles. The smallest absolute Gasteiger partial charge is 0.279 e. The molecule has 1 unspecified atom stereocenters. The highest BCUT2D eigenvalue weighted by atomic mass is 79.9. The first kappa shape index (κ1) is 13.7. The Morgan fingerprint density at radius 1 is 1.53 bits per heavy atom. The van der Waals surface area contributed by atoms with Crippen molar-refractivity contribution >= 4 is 33.2 Å². The summed E-state index contributed by atoms with van der Waals surface area (Å²) in [7, 11) is 0. The molecular weight excluding hydrogens is 312 g/mol. The summed E-state index contributed by atoms with van der Waals surface area (Å²) in [6.45, 7) is 2.00. The first-order chi connectivity index (χ1) is 9.02. The van der Waals surface area contributed by atoms with Gasteiger partial charge < -0.3 is 5.73 Å². The molecule has 6 nitrogen and oxygen atoms in total. The zero-order valence-corrected chi connectivity index (χ0v) is 11.9. The Bertz CT molecular complexity index is 583. The van der Waals surface area contributed by atoms with Crippen molar-refractivity contribution in [2.24, 2.45) is 21.9 Å². The zero-order chi connectivity index (χ0) is 14.0. The third-order valence-electron chi connectivity index (χ3n) is 3.05. The molecule has 19 heavy (non-hydrogen) atoms. The van der Waals surface area contributed by atoms with Gasteiger partial charge in [0, 0.05) is 22.9 Å². The predicted molar refractivity (Wildman–Crippen MR) is 77.4 cm³/mol. The van der Waals surface area contributed by atoms with Gasteiger partial charge in [-0.15, -0.1) is 5.10 Å². The minimum Gasteiger partial charge on any atom is -0.386 e. The third-order valence-corrected chi connectivity index (χ3v) is 3.55. The van der Waals surface area contributed by atoms with Crippen LogP contribution >= 0.6 is 15.9 Å². The van der Waals surface area contributed by atoms with Gasteiger partial charge in [-0.25, -0.2) is 0 Å². The van der Waals surface area contributed by atoms with Crippen LogP contribution in [0.3, 0.4) is 0 Å². The largest absolute Gasteiger partial charge is 0.386 e. The first-order valence-corrected chi connectivity index (χ1v) is 6.66. The number of amidine groups is 1. The van der Waals surface area contributed by atoms with Crippen LogP contribution in [-0.4, -0.2) is 16.5 Å².